The van der Waals surface area contributed by atoms with Crippen molar-refractivity contribution in [3.05, 3.63) is 66.0 Å². The van der Waals surface area contributed by atoms with Crippen LogP contribution in [0.1, 0.15) is 11.1 Å². The first kappa shape index (κ1) is 14.5. The van der Waals surface area contributed by atoms with Crippen LogP contribution in [0, 0.1) is 11.8 Å². The van der Waals surface area contributed by atoms with Gasteiger partial charge in [0.25, 0.3) is 0 Å². The van der Waals surface area contributed by atoms with Crippen LogP contribution >= 0.6 is 11.8 Å². The first-order valence-corrected chi connectivity index (χ1v) is 6.85. The van der Waals surface area contributed by atoms with E-state index in [1.807, 2.05) is 0 Å². The molecule has 0 amide bonds. The molecule has 0 saturated carbocycles. The van der Waals surface area contributed by atoms with Gasteiger partial charge in [-0.05, 0) is 18.2 Å². The van der Waals surface area contributed by atoms with Crippen LogP contribution < -0.4 is 4.74 Å². The van der Waals surface area contributed by atoms with Gasteiger partial charge in [-0.1, -0.05) is 12.6 Å². The van der Waals surface area contributed by atoms with Crippen molar-refractivity contribution in [2.45, 2.75) is 5.75 Å². The molecule has 2 rings (SSSR count). The maximum atomic E-state index is 13.1. The van der Waals surface area contributed by atoms with Crippen molar-refractivity contribution in [3.8, 4) is 5.75 Å². The summed E-state index contributed by atoms with van der Waals surface area (Å²) in [7, 11) is 1.50. The molecule has 104 valence electrons. The summed E-state index contributed by atoms with van der Waals surface area (Å²) < 4.78 is 31.0. The molecule has 0 radical (unpaired) electrons. The van der Waals surface area contributed by atoms with Crippen LogP contribution in [0.4, 0.5) is 8.78 Å². The third-order valence-electron chi connectivity index (χ3n) is 2.70. The second kappa shape index (κ2) is 6.52. The van der Waals surface area contributed by atoms with E-state index < -0.39 is 5.95 Å². The number of aromatic nitrogens is 1. The van der Waals surface area contributed by atoms with E-state index in [0.717, 1.165) is 16.0 Å². The molecule has 20 heavy (non-hydrogen) atoms. The fourth-order valence-corrected chi connectivity index (χ4v) is 2.48. The molecule has 2 nitrogen and oxygen atoms in total. The van der Waals surface area contributed by atoms with Crippen LogP contribution in [-0.2, 0) is 5.75 Å². The van der Waals surface area contributed by atoms with Crippen LogP contribution in [0.2, 0.25) is 0 Å². The summed E-state index contributed by atoms with van der Waals surface area (Å²) >= 11 is 1.46. The lowest BCUT2D eigenvalue weighted by atomic mass is 10.2. The van der Waals surface area contributed by atoms with Crippen molar-refractivity contribution >= 4 is 16.7 Å². The molecule has 2 aromatic rings. The Balaban J connectivity index is 2.05. The Morgan fingerprint density at radius 2 is 2.10 bits per heavy atom. The molecular formula is C15H13F2NOS. The van der Waals surface area contributed by atoms with Gasteiger partial charge in [0, 0.05) is 34.0 Å². The van der Waals surface area contributed by atoms with E-state index in [1.54, 1.807) is 12.1 Å². The van der Waals surface area contributed by atoms with Crippen LogP contribution in [0.5, 0.6) is 5.75 Å². The summed E-state index contributed by atoms with van der Waals surface area (Å²) in [5.74, 6) is 0.228. The fourth-order valence-electron chi connectivity index (χ4n) is 1.63. The van der Waals surface area contributed by atoms with Gasteiger partial charge in [-0.25, -0.2) is 9.37 Å². The number of hydrogen-bond donors (Lipinski definition) is 0. The van der Waals surface area contributed by atoms with Gasteiger partial charge < -0.3 is 4.74 Å². The van der Waals surface area contributed by atoms with E-state index in [2.05, 4.69) is 11.6 Å². The zero-order valence-electron chi connectivity index (χ0n) is 10.9. The largest absolute Gasteiger partial charge is 0.496 e. The maximum absolute atomic E-state index is 13.1. The van der Waals surface area contributed by atoms with Crippen LogP contribution in [-0.4, -0.2) is 12.1 Å². The Morgan fingerprint density at radius 1 is 1.30 bits per heavy atom. The summed E-state index contributed by atoms with van der Waals surface area (Å²) in [6.45, 7) is 3.93. The summed E-state index contributed by atoms with van der Waals surface area (Å²) in [6.07, 6.45) is 1.44. The second-order valence-corrected chi connectivity index (χ2v) is 5.11. The number of nitrogens with zero attached hydrogens (tertiary/aromatic N) is 1. The quantitative estimate of drug-likeness (QED) is 0.768. The number of ether oxygens (including phenoxy) is 1. The molecule has 0 N–H and O–H groups in total. The van der Waals surface area contributed by atoms with E-state index in [0.29, 0.717) is 11.5 Å². The predicted octanol–water partition coefficient (Wildman–Crippen LogP) is 4.27. The minimum atomic E-state index is -0.522. The third kappa shape index (κ3) is 3.57. The van der Waals surface area contributed by atoms with Gasteiger partial charge in [-0.3, -0.25) is 0 Å². The van der Waals surface area contributed by atoms with Gasteiger partial charge in [0.05, 0.1) is 7.11 Å². The molecule has 0 fully saturated rings. The summed E-state index contributed by atoms with van der Waals surface area (Å²) in [4.78, 5) is 4.35. The molecule has 0 bridgehead atoms. The number of benzene rings is 1. The number of thioether (sulfide) groups is 1. The molecule has 0 aliphatic carbocycles. The van der Waals surface area contributed by atoms with Crippen LogP contribution in [0.3, 0.4) is 0 Å². The predicted molar refractivity (Wildman–Crippen MR) is 77.5 cm³/mol. The average molecular weight is 293 g/mol. The summed E-state index contributed by atoms with van der Waals surface area (Å²) in [6, 6.07) is 7.33. The summed E-state index contributed by atoms with van der Waals surface area (Å²) in [5, 5.41) is 0. The third-order valence-corrected chi connectivity index (χ3v) is 3.74. The Morgan fingerprint density at radius 3 is 2.75 bits per heavy atom. The highest BCUT2D eigenvalue weighted by molar-refractivity contribution is 8.07. The van der Waals surface area contributed by atoms with Crippen LogP contribution in [0.15, 0.2) is 43.1 Å². The Labute approximate surface area is 120 Å². The molecule has 1 aromatic carbocycles. The molecule has 5 heteroatoms. The number of rotatable bonds is 5. The topological polar surface area (TPSA) is 22.1 Å². The molecule has 1 aromatic heterocycles. The second-order valence-electron chi connectivity index (χ2n) is 4.04. The summed E-state index contributed by atoms with van der Waals surface area (Å²) in [5.41, 5.74) is 1.63. The lowest BCUT2D eigenvalue weighted by Crippen LogP contribution is -1.92. The Kier molecular flexibility index (Phi) is 4.74. The molecule has 0 saturated heterocycles. The zero-order chi connectivity index (χ0) is 14.5. The first-order valence-electron chi connectivity index (χ1n) is 5.86. The van der Waals surface area contributed by atoms with E-state index in [4.69, 9.17) is 4.74 Å². The highest BCUT2D eigenvalue weighted by Gasteiger charge is 2.07. The fraction of sp³-hybridized carbons (Fsp3) is 0.133. The van der Waals surface area contributed by atoms with E-state index >= 15 is 0 Å². The van der Waals surface area contributed by atoms with Gasteiger partial charge in [0.2, 0.25) is 5.95 Å². The maximum Gasteiger partial charge on any atom is 0.212 e. The lowest BCUT2D eigenvalue weighted by Gasteiger charge is -2.09. The molecule has 0 spiro atoms. The molecule has 0 unspecified atom stereocenters. The van der Waals surface area contributed by atoms with Crippen molar-refractivity contribution in [1.29, 1.82) is 0 Å². The van der Waals surface area contributed by atoms with Crippen molar-refractivity contribution in [1.82, 2.24) is 4.98 Å². The van der Waals surface area contributed by atoms with Crippen LogP contribution in [0.25, 0.3) is 4.91 Å². The number of pyridine rings is 1. The first-order chi connectivity index (χ1) is 9.60. The van der Waals surface area contributed by atoms with Gasteiger partial charge in [-0.2, -0.15) is 4.39 Å². The van der Waals surface area contributed by atoms with E-state index in [-0.39, 0.29) is 5.82 Å². The zero-order valence-corrected chi connectivity index (χ0v) is 11.7. The average Bonchev–Trinajstić information content (AvgIpc) is 2.46. The minimum Gasteiger partial charge on any atom is -0.496 e. The molecule has 1 heterocycles. The van der Waals surface area contributed by atoms with Crippen molar-refractivity contribution in [2.24, 2.45) is 0 Å². The van der Waals surface area contributed by atoms with E-state index in [1.165, 1.54) is 43.3 Å². The molecule has 0 aliphatic rings. The highest BCUT2D eigenvalue weighted by atomic mass is 32.2. The van der Waals surface area contributed by atoms with Gasteiger partial charge in [0.1, 0.15) is 11.6 Å². The smallest absolute Gasteiger partial charge is 0.212 e. The van der Waals surface area contributed by atoms with Gasteiger partial charge in [0.15, 0.2) is 0 Å². The standard InChI is InChI=1S/C15H13F2NOS/c1-10(11-4-6-15(17)18-8-11)20-9-12-3-5-13(16)7-14(12)19-2/h3-8H,1,9H2,2H3. The minimum absolute atomic E-state index is 0.336. The van der Waals surface area contributed by atoms with Crippen molar-refractivity contribution in [3.63, 3.8) is 0 Å². The molecule has 0 aliphatic heterocycles. The number of halogens is 2. The monoisotopic (exact) mass is 293 g/mol. The SMILES string of the molecule is C=C(SCc1ccc(F)cc1OC)c1ccc(F)nc1. The van der Waals surface area contributed by atoms with Gasteiger partial charge in [-0.15, -0.1) is 11.8 Å². The van der Waals surface area contributed by atoms with Crippen molar-refractivity contribution < 1.29 is 13.5 Å². The number of methoxy groups -OCH3 is 1. The van der Waals surface area contributed by atoms with Crippen molar-refractivity contribution in [2.75, 3.05) is 7.11 Å². The van der Waals surface area contributed by atoms with E-state index in [9.17, 15) is 8.78 Å². The lowest BCUT2D eigenvalue weighted by molar-refractivity contribution is 0.408. The van der Waals surface area contributed by atoms with Gasteiger partial charge >= 0.3 is 0 Å². The molecule has 0 atom stereocenters. The highest BCUT2D eigenvalue weighted by Crippen LogP contribution is 2.31. The number of hydrogen-bond acceptors (Lipinski definition) is 3. The Hall–Kier alpha value is -1.88. The normalized spacial score (nSPS) is 10.3. The molecular weight excluding hydrogens is 280 g/mol. The Bertz CT molecular complexity index is 614.